The number of likely N-dealkylation sites (tertiary alicyclic amines) is 1. The van der Waals surface area contributed by atoms with Crippen LogP contribution in [0.4, 0.5) is 4.39 Å². The minimum absolute atomic E-state index is 0.0875. The maximum atomic E-state index is 14.4. The van der Waals surface area contributed by atoms with E-state index in [1.165, 1.54) is 4.68 Å². The van der Waals surface area contributed by atoms with Crippen molar-refractivity contribution in [1.82, 2.24) is 29.7 Å². The number of rotatable bonds is 6. The van der Waals surface area contributed by atoms with Gasteiger partial charge in [-0.15, -0.1) is 5.10 Å². The van der Waals surface area contributed by atoms with Crippen LogP contribution >= 0.6 is 31.9 Å². The van der Waals surface area contributed by atoms with Crippen molar-refractivity contribution >= 4 is 37.8 Å². The lowest BCUT2D eigenvalue weighted by Crippen LogP contribution is -2.38. The molecule has 0 aliphatic carbocycles. The van der Waals surface area contributed by atoms with Gasteiger partial charge in [0, 0.05) is 24.8 Å². The number of aromatic nitrogens is 5. The van der Waals surface area contributed by atoms with Crippen molar-refractivity contribution < 1.29 is 13.6 Å². The summed E-state index contributed by atoms with van der Waals surface area (Å²) in [6, 6.07) is 6.89. The molecule has 4 aromatic rings. The number of amides is 1. The van der Waals surface area contributed by atoms with Crippen molar-refractivity contribution in [2.24, 2.45) is 5.92 Å². The largest absolute Gasteiger partial charge is 0.456 e. The van der Waals surface area contributed by atoms with Crippen LogP contribution in [0, 0.1) is 18.7 Å². The van der Waals surface area contributed by atoms with E-state index in [1.54, 1.807) is 35.3 Å². The maximum Gasteiger partial charge on any atom is 0.289 e. The molecule has 35 heavy (non-hydrogen) atoms. The van der Waals surface area contributed by atoms with Crippen LogP contribution in [-0.4, -0.2) is 48.7 Å². The fourth-order valence-electron chi connectivity index (χ4n) is 4.35. The summed E-state index contributed by atoms with van der Waals surface area (Å²) in [5.41, 5.74) is 2.10. The van der Waals surface area contributed by atoms with Crippen molar-refractivity contribution in [3.8, 4) is 5.69 Å². The van der Waals surface area contributed by atoms with Crippen LogP contribution in [0.25, 0.3) is 5.69 Å². The van der Waals surface area contributed by atoms with Gasteiger partial charge in [0.05, 0.1) is 33.6 Å². The monoisotopic (exact) mass is 604 g/mol. The quantitative estimate of drug-likeness (QED) is 0.303. The van der Waals surface area contributed by atoms with Gasteiger partial charge in [0.15, 0.2) is 11.6 Å². The van der Waals surface area contributed by atoms with Gasteiger partial charge in [0.2, 0.25) is 0 Å². The van der Waals surface area contributed by atoms with E-state index in [1.807, 2.05) is 24.1 Å². The topological polar surface area (TPSA) is 82.0 Å². The zero-order chi connectivity index (χ0) is 24.5. The molecular formula is C24H23Br2FN6O2. The molecule has 1 aromatic carbocycles. The maximum absolute atomic E-state index is 14.4. The summed E-state index contributed by atoms with van der Waals surface area (Å²) in [5, 5.41) is 12.6. The van der Waals surface area contributed by atoms with Crippen LogP contribution in [0.5, 0.6) is 0 Å². The molecule has 0 atom stereocenters. The van der Waals surface area contributed by atoms with Crippen LogP contribution in [-0.2, 0) is 13.0 Å². The molecule has 0 saturated carbocycles. The number of hydrogen-bond donors (Lipinski definition) is 0. The van der Waals surface area contributed by atoms with Gasteiger partial charge in [0.25, 0.3) is 5.91 Å². The van der Waals surface area contributed by atoms with Gasteiger partial charge in [-0.1, -0.05) is 11.3 Å². The number of benzene rings is 1. The van der Waals surface area contributed by atoms with Crippen molar-refractivity contribution in [1.29, 1.82) is 0 Å². The smallest absolute Gasteiger partial charge is 0.289 e. The highest BCUT2D eigenvalue weighted by molar-refractivity contribution is 9.10. The average molecular weight is 606 g/mol. The number of aryl methyl sites for hydroxylation is 1. The first-order valence-electron chi connectivity index (χ1n) is 11.3. The normalized spacial score (nSPS) is 14.6. The fourth-order valence-corrected chi connectivity index (χ4v) is 5.04. The molecule has 0 radical (unpaired) electrons. The fraction of sp³-hybridized carbons (Fsp3) is 0.333. The standard InChI is InChI=1S/C24H23Br2FN6O2/c1-15-17(12-32-13-18(25)11-28-32)10-22(35-15)24(34)31-7-5-16(6-8-31)9-19-14-33(30-29-19)21-4-2-3-20(26)23(21)27/h2-4,10-11,13-14,16H,5-9,12H2,1H3. The Labute approximate surface area is 218 Å². The molecule has 0 unspecified atom stereocenters. The Morgan fingerprint density at radius 3 is 2.77 bits per heavy atom. The van der Waals surface area contributed by atoms with Gasteiger partial charge in [0.1, 0.15) is 11.4 Å². The number of carbonyl (C=O) groups excluding carboxylic acids is 1. The molecule has 3 aromatic heterocycles. The molecule has 0 N–H and O–H groups in total. The third-order valence-corrected chi connectivity index (χ3v) is 7.31. The van der Waals surface area contributed by atoms with E-state index in [0.717, 1.165) is 40.8 Å². The highest BCUT2D eigenvalue weighted by Gasteiger charge is 2.27. The van der Waals surface area contributed by atoms with Crippen molar-refractivity contribution in [3.63, 3.8) is 0 Å². The molecule has 1 amide bonds. The van der Waals surface area contributed by atoms with Crippen LogP contribution in [0.15, 0.2) is 56.2 Å². The highest BCUT2D eigenvalue weighted by atomic mass is 79.9. The molecule has 1 aliphatic rings. The summed E-state index contributed by atoms with van der Waals surface area (Å²) >= 11 is 6.60. The van der Waals surface area contributed by atoms with E-state index in [2.05, 4.69) is 47.3 Å². The van der Waals surface area contributed by atoms with Crippen LogP contribution in [0.3, 0.4) is 0 Å². The van der Waals surface area contributed by atoms with E-state index < -0.39 is 0 Å². The third-order valence-electron chi connectivity index (χ3n) is 6.28. The van der Waals surface area contributed by atoms with Crippen molar-refractivity contribution in [2.75, 3.05) is 13.1 Å². The Morgan fingerprint density at radius 1 is 1.23 bits per heavy atom. The second kappa shape index (κ2) is 10.1. The summed E-state index contributed by atoms with van der Waals surface area (Å²) in [7, 11) is 0. The van der Waals surface area contributed by atoms with Crippen LogP contribution < -0.4 is 0 Å². The van der Waals surface area contributed by atoms with Gasteiger partial charge in [-0.2, -0.15) is 5.10 Å². The van der Waals surface area contributed by atoms with Gasteiger partial charge in [-0.25, -0.2) is 9.07 Å². The van der Waals surface area contributed by atoms with E-state index in [9.17, 15) is 9.18 Å². The number of piperidine rings is 1. The SMILES string of the molecule is Cc1oc(C(=O)N2CCC(Cc3cn(-c4cccc(Br)c4F)nn3)CC2)cc1Cn1cc(Br)cn1. The Hall–Kier alpha value is -2.79. The summed E-state index contributed by atoms with van der Waals surface area (Å²) in [6.07, 6.45) is 7.84. The molecule has 11 heteroatoms. The zero-order valence-electron chi connectivity index (χ0n) is 19.0. The predicted molar refractivity (Wildman–Crippen MR) is 134 cm³/mol. The molecule has 0 bridgehead atoms. The minimum Gasteiger partial charge on any atom is -0.456 e. The first-order valence-corrected chi connectivity index (χ1v) is 12.9. The first kappa shape index (κ1) is 23.9. The number of furan rings is 1. The predicted octanol–water partition coefficient (Wildman–Crippen LogP) is 5.17. The number of carbonyl (C=O) groups is 1. The summed E-state index contributed by atoms with van der Waals surface area (Å²) in [4.78, 5) is 14.9. The lowest BCUT2D eigenvalue weighted by atomic mass is 9.92. The molecule has 4 heterocycles. The Morgan fingerprint density at radius 2 is 2.03 bits per heavy atom. The Kier molecular flexibility index (Phi) is 6.88. The summed E-state index contributed by atoms with van der Waals surface area (Å²) < 4.78 is 24.7. The van der Waals surface area contributed by atoms with Gasteiger partial charge >= 0.3 is 0 Å². The number of halogens is 3. The summed E-state index contributed by atoms with van der Waals surface area (Å²) in [5.74, 6) is 1.00. The van der Waals surface area contributed by atoms with E-state index in [0.29, 0.717) is 41.5 Å². The molecule has 1 aliphatic heterocycles. The van der Waals surface area contributed by atoms with Gasteiger partial charge in [-0.05, 0) is 82.2 Å². The molecule has 5 rings (SSSR count). The Bertz CT molecular complexity index is 1360. The van der Waals surface area contributed by atoms with Crippen LogP contribution in [0.1, 0.15) is 40.4 Å². The Balaban J connectivity index is 1.17. The van der Waals surface area contributed by atoms with Crippen LogP contribution in [0.2, 0.25) is 0 Å². The molecule has 8 nitrogen and oxygen atoms in total. The van der Waals surface area contributed by atoms with Gasteiger partial charge < -0.3 is 9.32 Å². The number of hydrogen-bond acceptors (Lipinski definition) is 5. The molecule has 1 saturated heterocycles. The molecule has 0 spiro atoms. The molecule has 1 fully saturated rings. The molecular weight excluding hydrogens is 583 g/mol. The third kappa shape index (κ3) is 5.25. The van der Waals surface area contributed by atoms with E-state index >= 15 is 0 Å². The van der Waals surface area contributed by atoms with E-state index in [4.69, 9.17) is 4.42 Å². The lowest BCUT2D eigenvalue weighted by Gasteiger charge is -2.31. The van der Waals surface area contributed by atoms with Crippen molar-refractivity contribution in [2.45, 2.75) is 32.7 Å². The minimum atomic E-state index is -0.371. The highest BCUT2D eigenvalue weighted by Crippen LogP contribution is 2.25. The zero-order valence-corrected chi connectivity index (χ0v) is 22.2. The molecule has 182 valence electrons. The lowest BCUT2D eigenvalue weighted by molar-refractivity contribution is 0.0657. The second-order valence-corrected chi connectivity index (χ2v) is 10.5. The van der Waals surface area contributed by atoms with Gasteiger partial charge in [-0.3, -0.25) is 9.48 Å². The average Bonchev–Trinajstić information content (AvgIpc) is 3.57. The first-order chi connectivity index (χ1) is 16.9. The van der Waals surface area contributed by atoms with Crippen molar-refractivity contribution in [3.05, 3.63) is 80.4 Å². The van der Waals surface area contributed by atoms with E-state index in [-0.39, 0.29) is 11.7 Å². The number of nitrogens with zero attached hydrogens (tertiary/aromatic N) is 6. The second-order valence-electron chi connectivity index (χ2n) is 8.72. The summed E-state index contributed by atoms with van der Waals surface area (Å²) in [6.45, 7) is 3.71.